The van der Waals surface area contributed by atoms with Crippen LogP contribution in [-0.4, -0.2) is 19.9 Å². The Morgan fingerprint density at radius 2 is 1.96 bits per heavy atom. The van der Waals surface area contributed by atoms with Crippen LogP contribution in [0.2, 0.25) is 5.02 Å². The fraction of sp³-hybridized carbons (Fsp3) is 0.0714. The van der Waals surface area contributed by atoms with Crippen LogP contribution in [0.25, 0.3) is 0 Å². The number of thiazole rings is 1. The van der Waals surface area contributed by atoms with Crippen molar-refractivity contribution in [3.63, 3.8) is 0 Å². The molecular formula is C14H11ClN6O2S. The van der Waals surface area contributed by atoms with Crippen LogP contribution in [0.4, 0.5) is 28.1 Å². The lowest BCUT2D eigenvalue weighted by atomic mass is 10.2. The first-order valence-corrected chi connectivity index (χ1v) is 8.00. The molecule has 122 valence electrons. The van der Waals surface area contributed by atoms with E-state index in [4.69, 9.17) is 11.6 Å². The average molecular weight is 363 g/mol. The molecule has 2 N–H and O–H groups in total. The Morgan fingerprint density at radius 1 is 1.21 bits per heavy atom. The quantitative estimate of drug-likeness (QED) is 0.515. The lowest BCUT2D eigenvalue weighted by Gasteiger charge is -2.11. The summed E-state index contributed by atoms with van der Waals surface area (Å²) in [6, 6.07) is 5.26. The first-order valence-electron chi connectivity index (χ1n) is 6.74. The molecule has 0 aliphatic carbocycles. The maximum atomic E-state index is 11.5. The Labute approximate surface area is 145 Å². The highest BCUT2D eigenvalue weighted by Crippen LogP contribution is 2.34. The second-order valence-electron chi connectivity index (χ2n) is 4.68. The molecule has 0 unspecified atom stereocenters. The van der Waals surface area contributed by atoms with Gasteiger partial charge in [-0.25, -0.2) is 15.0 Å². The summed E-state index contributed by atoms with van der Waals surface area (Å²) in [5, 5.41) is 20.1. The van der Waals surface area contributed by atoms with Crippen molar-refractivity contribution in [2.45, 2.75) is 6.92 Å². The number of nitrogens with zero attached hydrogens (tertiary/aromatic N) is 4. The maximum absolute atomic E-state index is 11.5. The molecule has 0 saturated heterocycles. The van der Waals surface area contributed by atoms with E-state index in [9.17, 15) is 10.1 Å². The molecule has 0 saturated carbocycles. The van der Waals surface area contributed by atoms with E-state index in [0.29, 0.717) is 15.8 Å². The van der Waals surface area contributed by atoms with Gasteiger partial charge in [-0.1, -0.05) is 17.7 Å². The van der Waals surface area contributed by atoms with Crippen molar-refractivity contribution in [1.82, 2.24) is 15.0 Å². The van der Waals surface area contributed by atoms with Crippen LogP contribution in [-0.2, 0) is 0 Å². The number of anilines is 4. The number of halogens is 1. The Bertz CT molecular complexity index is 887. The largest absolute Gasteiger partial charge is 0.353 e. The highest BCUT2D eigenvalue weighted by atomic mass is 35.5. The van der Waals surface area contributed by atoms with Crippen LogP contribution in [0.15, 0.2) is 36.1 Å². The van der Waals surface area contributed by atoms with E-state index < -0.39 is 4.92 Å². The van der Waals surface area contributed by atoms with Crippen LogP contribution in [0, 0.1) is 17.0 Å². The van der Waals surface area contributed by atoms with E-state index in [0.717, 1.165) is 5.56 Å². The van der Waals surface area contributed by atoms with Gasteiger partial charge in [-0.05, 0) is 24.6 Å². The van der Waals surface area contributed by atoms with E-state index >= 15 is 0 Å². The summed E-state index contributed by atoms with van der Waals surface area (Å²) in [4.78, 5) is 23.0. The Kier molecular flexibility index (Phi) is 4.54. The van der Waals surface area contributed by atoms with Gasteiger partial charge in [0.05, 0.1) is 4.92 Å². The van der Waals surface area contributed by atoms with E-state index in [1.54, 1.807) is 29.8 Å². The molecule has 0 aliphatic rings. The molecule has 1 aromatic carbocycles. The fourth-order valence-corrected chi connectivity index (χ4v) is 2.69. The number of hydrogen-bond acceptors (Lipinski definition) is 8. The summed E-state index contributed by atoms with van der Waals surface area (Å²) in [6.07, 6.45) is 2.83. The van der Waals surface area contributed by atoms with Crippen LogP contribution < -0.4 is 10.6 Å². The molecule has 2 heterocycles. The molecule has 2 aromatic heterocycles. The molecular weight excluding hydrogens is 352 g/mol. The lowest BCUT2D eigenvalue weighted by molar-refractivity contribution is -0.383. The van der Waals surface area contributed by atoms with Gasteiger partial charge in [-0.15, -0.1) is 11.3 Å². The molecule has 0 aliphatic heterocycles. The summed E-state index contributed by atoms with van der Waals surface area (Å²) < 4.78 is 0. The van der Waals surface area contributed by atoms with Crippen molar-refractivity contribution >= 4 is 51.1 Å². The van der Waals surface area contributed by atoms with Crippen molar-refractivity contribution in [3.8, 4) is 0 Å². The van der Waals surface area contributed by atoms with E-state index in [1.807, 2.05) is 6.92 Å². The lowest BCUT2D eigenvalue weighted by Crippen LogP contribution is -2.06. The molecule has 3 rings (SSSR count). The number of nitro groups is 1. The van der Waals surface area contributed by atoms with Crippen molar-refractivity contribution in [3.05, 3.63) is 56.8 Å². The van der Waals surface area contributed by atoms with Gasteiger partial charge in [0.25, 0.3) is 0 Å². The first-order chi connectivity index (χ1) is 11.6. The fourth-order valence-electron chi connectivity index (χ4n) is 1.99. The monoisotopic (exact) mass is 362 g/mol. The zero-order valence-electron chi connectivity index (χ0n) is 12.4. The molecule has 0 bridgehead atoms. The molecule has 0 atom stereocenters. The van der Waals surface area contributed by atoms with Gasteiger partial charge in [-0.3, -0.25) is 10.1 Å². The summed E-state index contributed by atoms with van der Waals surface area (Å²) in [5.74, 6) is 0.131. The van der Waals surface area contributed by atoms with Crippen LogP contribution in [0.3, 0.4) is 0 Å². The Balaban J connectivity index is 2.01. The summed E-state index contributed by atoms with van der Waals surface area (Å²) in [7, 11) is 0. The van der Waals surface area contributed by atoms with Gasteiger partial charge in [0.1, 0.15) is 6.33 Å². The second kappa shape index (κ2) is 6.77. The second-order valence-corrected chi connectivity index (χ2v) is 5.98. The van der Waals surface area contributed by atoms with Gasteiger partial charge in [0.2, 0.25) is 11.6 Å². The number of benzene rings is 1. The maximum Gasteiger partial charge on any atom is 0.353 e. The van der Waals surface area contributed by atoms with Crippen LogP contribution in [0.5, 0.6) is 0 Å². The predicted octanol–water partition coefficient (Wildman–Crippen LogP) is 4.29. The molecule has 8 nitrogen and oxygen atoms in total. The first kappa shape index (κ1) is 16.1. The van der Waals surface area contributed by atoms with Gasteiger partial charge in [-0.2, -0.15) is 0 Å². The van der Waals surface area contributed by atoms with E-state index in [-0.39, 0.29) is 17.3 Å². The molecule has 3 aromatic rings. The zero-order valence-corrected chi connectivity index (χ0v) is 13.9. The van der Waals surface area contributed by atoms with Crippen molar-refractivity contribution in [2.75, 3.05) is 10.6 Å². The molecule has 0 radical (unpaired) electrons. The molecule has 0 fully saturated rings. The Morgan fingerprint density at radius 3 is 2.62 bits per heavy atom. The number of nitrogens with one attached hydrogen (secondary N) is 2. The van der Waals surface area contributed by atoms with Crippen LogP contribution in [0.1, 0.15) is 5.56 Å². The molecule has 10 heteroatoms. The average Bonchev–Trinajstić information content (AvgIpc) is 3.05. The topological polar surface area (TPSA) is 106 Å². The highest BCUT2D eigenvalue weighted by molar-refractivity contribution is 7.13. The third kappa shape index (κ3) is 3.26. The molecule has 0 amide bonds. The zero-order chi connectivity index (χ0) is 17.1. The van der Waals surface area contributed by atoms with Gasteiger partial charge in [0.15, 0.2) is 5.13 Å². The standard InChI is InChI=1S/C14H11ClN6O2S/c1-8-9(15)3-2-4-10(8)19-12-11(21(22)23)13(18-7-17-12)20-14-16-5-6-24-14/h2-7H,1H3,(H2,16,17,18,19,20). The van der Waals surface area contributed by atoms with Gasteiger partial charge in [0, 0.05) is 22.3 Å². The minimum atomic E-state index is -0.543. The number of aromatic nitrogens is 3. The molecule has 24 heavy (non-hydrogen) atoms. The summed E-state index contributed by atoms with van der Waals surface area (Å²) in [6.45, 7) is 1.81. The highest BCUT2D eigenvalue weighted by Gasteiger charge is 2.24. The predicted molar refractivity (Wildman–Crippen MR) is 93.6 cm³/mol. The third-order valence-electron chi connectivity index (χ3n) is 3.18. The van der Waals surface area contributed by atoms with Crippen molar-refractivity contribution in [2.24, 2.45) is 0 Å². The Hall–Kier alpha value is -2.78. The summed E-state index contributed by atoms with van der Waals surface area (Å²) >= 11 is 7.39. The minimum Gasteiger partial charge on any atom is -0.334 e. The third-order valence-corrected chi connectivity index (χ3v) is 4.28. The van der Waals surface area contributed by atoms with Gasteiger partial charge < -0.3 is 10.6 Å². The summed E-state index contributed by atoms with van der Waals surface area (Å²) in [5.41, 5.74) is 1.12. The van der Waals surface area contributed by atoms with Crippen molar-refractivity contribution in [1.29, 1.82) is 0 Å². The normalized spacial score (nSPS) is 10.4. The minimum absolute atomic E-state index is 0.0622. The van der Waals surface area contributed by atoms with E-state index in [1.165, 1.54) is 17.7 Å². The van der Waals surface area contributed by atoms with Crippen LogP contribution >= 0.6 is 22.9 Å². The smallest absolute Gasteiger partial charge is 0.334 e. The number of rotatable bonds is 5. The number of hydrogen-bond donors (Lipinski definition) is 2. The van der Waals surface area contributed by atoms with Gasteiger partial charge >= 0.3 is 5.69 Å². The molecule has 0 spiro atoms. The van der Waals surface area contributed by atoms with E-state index in [2.05, 4.69) is 25.6 Å². The SMILES string of the molecule is Cc1c(Cl)cccc1Nc1ncnc(Nc2nccs2)c1[N+](=O)[O-]. The van der Waals surface area contributed by atoms with Crippen molar-refractivity contribution < 1.29 is 4.92 Å².